The third-order valence-corrected chi connectivity index (χ3v) is 3.16. The molecule has 0 saturated heterocycles. The van der Waals surface area contributed by atoms with Gasteiger partial charge in [0.2, 0.25) is 5.91 Å². The summed E-state index contributed by atoms with van der Waals surface area (Å²) in [6, 6.07) is 5.47. The molecule has 1 amide bonds. The first-order chi connectivity index (χ1) is 7.95. The molecule has 1 aromatic rings. The molecule has 2 nitrogen and oxygen atoms in total. The van der Waals surface area contributed by atoms with Gasteiger partial charge in [-0.1, -0.05) is 35.8 Å². The van der Waals surface area contributed by atoms with E-state index in [2.05, 4.69) is 6.58 Å². The lowest BCUT2D eigenvalue weighted by Crippen LogP contribution is -2.35. The quantitative estimate of drug-likeness (QED) is 0.761. The monoisotopic (exact) mass is 271 g/mol. The molecule has 0 aliphatic carbocycles. The molecule has 0 unspecified atom stereocenters. The van der Waals surface area contributed by atoms with Crippen LogP contribution in [-0.4, -0.2) is 16.8 Å². The first kappa shape index (κ1) is 14.1. The van der Waals surface area contributed by atoms with Crippen LogP contribution in [0.25, 0.3) is 0 Å². The zero-order chi connectivity index (χ0) is 13.0. The third kappa shape index (κ3) is 3.76. The Balaban J connectivity index is 2.90. The van der Waals surface area contributed by atoms with Gasteiger partial charge in [0.1, 0.15) is 0 Å². The number of rotatable bonds is 4. The molecule has 0 aliphatic rings. The predicted molar refractivity (Wildman–Crippen MR) is 72.3 cm³/mol. The van der Waals surface area contributed by atoms with Crippen LogP contribution in [0, 0.1) is 0 Å². The van der Waals surface area contributed by atoms with Crippen molar-refractivity contribution in [3.63, 3.8) is 0 Å². The van der Waals surface area contributed by atoms with Crippen molar-refractivity contribution < 1.29 is 4.79 Å². The number of carbonyl (C=O) groups excluding carboxylic acids is 1. The van der Waals surface area contributed by atoms with E-state index in [9.17, 15) is 4.79 Å². The molecule has 0 aromatic heterocycles. The molecule has 0 spiro atoms. The van der Waals surface area contributed by atoms with E-state index >= 15 is 0 Å². The molecule has 0 atom stereocenters. The highest BCUT2D eigenvalue weighted by Crippen LogP contribution is 2.23. The Morgan fingerprint density at radius 1 is 1.41 bits per heavy atom. The average Bonchev–Trinajstić information content (AvgIpc) is 2.29. The molecule has 4 heteroatoms. The number of hydrogen-bond acceptors (Lipinski definition) is 1. The zero-order valence-electron chi connectivity index (χ0n) is 9.91. The van der Waals surface area contributed by atoms with E-state index in [1.807, 2.05) is 19.9 Å². The van der Waals surface area contributed by atoms with Gasteiger partial charge in [-0.2, -0.15) is 0 Å². The van der Waals surface area contributed by atoms with E-state index in [-0.39, 0.29) is 11.9 Å². The summed E-state index contributed by atoms with van der Waals surface area (Å²) in [7, 11) is 0. The molecule has 0 bridgehead atoms. The Labute approximate surface area is 112 Å². The molecule has 1 aromatic carbocycles. The van der Waals surface area contributed by atoms with Crippen LogP contribution in [0.1, 0.15) is 19.4 Å². The first-order valence-corrected chi connectivity index (χ1v) is 6.08. The number of halogens is 2. The highest BCUT2D eigenvalue weighted by atomic mass is 35.5. The Kier molecular flexibility index (Phi) is 5.03. The van der Waals surface area contributed by atoms with Crippen molar-refractivity contribution in [2.75, 3.05) is 0 Å². The molecule has 17 heavy (non-hydrogen) atoms. The lowest BCUT2D eigenvalue weighted by Gasteiger charge is -2.25. The molecule has 0 fully saturated rings. The van der Waals surface area contributed by atoms with Crippen molar-refractivity contribution in [2.24, 2.45) is 0 Å². The van der Waals surface area contributed by atoms with E-state index in [4.69, 9.17) is 23.2 Å². The number of carbonyl (C=O) groups is 1. The van der Waals surface area contributed by atoms with Gasteiger partial charge in [0.25, 0.3) is 0 Å². The number of hydrogen-bond donors (Lipinski definition) is 0. The van der Waals surface area contributed by atoms with Gasteiger partial charge in [-0.3, -0.25) is 4.79 Å². The normalized spacial score (nSPS) is 10.4. The minimum Gasteiger partial charge on any atom is -0.332 e. The summed E-state index contributed by atoms with van der Waals surface area (Å²) >= 11 is 11.8. The van der Waals surface area contributed by atoms with Gasteiger partial charge in [0, 0.05) is 12.6 Å². The van der Waals surface area contributed by atoms with Crippen LogP contribution >= 0.6 is 23.2 Å². The number of amides is 1. The molecule has 0 aliphatic heterocycles. The van der Waals surface area contributed by atoms with Gasteiger partial charge < -0.3 is 4.90 Å². The van der Waals surface area contributed by atoms with Crippen LogP contribution in [0.15, 0.2) is 30.9 Å². The lowest BCUT2D eigenvalue weighted by atomic mass is 10.2. The second kappa shape index (κ2) is 6.08. The summed E-state index contributed by atoms with van der Waals surface area (Å²) in [5.74, 6) is -0.0916. The van der Waals surface area contributed by atoms with E-state index in [1.54, 1.807) is 17.0 Å². The Morgan fingerprint density at radius 3 is 2.53 bits per heavy atom. The highest BCUT2D eigenvalue weighted by molar-refractivity contribution is 6.42. The van der Waals surface area contributed by atoms with E-state index in [1.165, 1.54) is 6.08 Å². The van der Waals surface area contributed by atoms with E-state index in [0.717, 1.165) is 5.56 Å². The lowest BCUT2D eigenvalue weighted by molar-refractivity contribution is -0.128. The van der Waals surface area contributed by atoms with E-state index < -0.39 is 0 Å². The third-order valence-electron chi connectivity index (χ3n) is 2.42. The maximum absolute atomic E-state index is 11.7. The molecule has 0 radical (unpaired) electrons. The van der Waals surface area contributed by atoms with Gasteiger partial charge in [-0.15, -0.1) is 0 Å². The Bertz CT molecular complexity index is 429. The van der Waals surface area contributed by atoms with Crippen LogP contribution < -0.4 is 0 Å². The summed E-state index contributed by atoms with van der Waals surface area (Å²) in [5.41, 5.74) is 0.948. The SMILES string of the molecule is C=CC(=O)N(Cc1ccc(Cl)c(Cl)c1)C(C)C. The maximum Gasteiger partial charge on any atom is 0.246 e. The minimum atomic E-state index is -0.0916. The standard InChI is InChI=1S/C13H15Cl2NO/c1-4-13(17)16(9(2)3)8-10-5-6-11(14)12(15)7-10/h4-7,9H,1,8H2,2-3H3. The van der Waals surface area contributed by atoms with Crippen molar-refractivity contribution in [2.45, 2.75) is 26.4 Å². The van der Waals surface area contributed by atoms with Gasteiger partial charge in [-0.05, 0) is 37.6 Å². The summed E-state index contributed by atoms with van der Waals surface area (Å²) in [5, 5.41) is 1.01. The van der Waals surface area contributed by atoms with Crippen LogP contribution in [0.5, 0.6) is 0 Å². The fourth-order valence-electron chi connectivity index (χ4n) is 1.47. The van der Waals surface area contributed by atoms with Gasteiger partial charge in [0.05, 0.1) is 10.0 Å². The van der Waals surface area contributed by atoms with Crippen molar-refractivity contribution in [1.29, 1.82) is 0 Å². The van der Waals surface area contributed by atoms with Gasteiger partial charge in [0.15, 0.2) is 0 Å². The number of nitrogens with zero attached hydrogens (tertiary/aromatic N) is 1. The molecule has 0 heterocycles. The van der Waals surface area contributed by atoms with E-state index in [0.29, 0.717) is 16.6 Å². The van der Waals surface area contributed by atoms with Crippen LogP contribution in [0.4, 0.5) is 0 Å². The van der Waals surface area contributed by atoms with Gasteiger partial charge in [-0.25, -0.2) is 0 Å². The second-order valence-corrected chi connectivity index (χ2v) is 4.83. The Morgan fingerprint density at radius 2 is 2.06 bits per heavy atom. The minimum absolute atomic E-state index is 0.0916. The topological polar surface area (TPSA) is 20.3 Å². The van der Waals surface area contributed by atoms with Crippen LogP contribution in [0.3, 0.4) is 0 Å². The summed E-state index contributed by atoms with van der Waals surface area (Å²) in [6.45, 7) is 7.91. The number of benzene rings is 1. The highest BCUT2D eigenvalue weighted by Gasteiger charge is 2.14. The first-order valence-electron chi connectivity index (χ1n) is 5.32. The average molecular weight is 272 g/mol. The van der Waals surface area contributed by atoms with Crippen molar-refractivity contribution in [3.05, 3.63) is 46.5 Å². The molecule has 0 N–H and O–H groups in total. The molecule has 1 rings (SSSR count). The summed E-state index contributed by atoms with van der Waals surface area (Å²) in [4.78, 5) is 13.4. The fourth-order valence-corrected chi connectivity index (χ4v) is 1.79. The largest absolute Gasteiger partial charge is 0.332 e. The zero-order valence-corrected chi connectivity index (χ0v) is 11.4. The molecular weight excluding hydrogens is 257 g/mol. The molecule has 0 saturated carbocycles. The summed E-state index contributed by atoms with van der Waals surface area (Å²) in [6.07, 6.45) is 1.32. The van der Waals surface area contributed by atoms with Crippen LogP contribution in [0.2, 0.25) is 10.0 Å². The Hall–Kier alpha value is -0.990. The van der Waals surface area contributed by atoms with Gasteiger partial charge >= 0.3 is 0 Å². The fraction of sp³-hybridized carbons (Fsp3) is 0.308. The maximum atomic E-state index is 11.7. The second-order valence-electron chi connectivity index (χ2n) is 4.01. The van der Waals surface area contributed by atoms with Crippen LogP contribution in [-0.2, 0) is 11.3 Å². The smallest absolute Gasteiger partial charge is 0.246 e. The molecule has 92 valence electrons. The molecular formula is C13H15Cl2NO. The van der Waals surface area contributed by atoms with Crippen molar-refractivity contribution in [3.8, 4) is 0 Å². The summed E-state index contributed by atoms with van der Waals surface area (Å²) < 4.78 is 0. The van der Waals surface area contributed by atoms with Crippen molar-refractivity contribution >= 4 is 29.1 Å². The van der Waals surface area contributed by atoms with Crippen molar-refractivity contribution in [1.82, 2.24) is 4.90 Å². The predicted octanol–water partition coefficient (Wildman–Crippen LogP) is 3.92.